The van der Waals surface area contributed by atoms with Crippen LogP contribution in [0.1, 0.15) is 0 Å². The van der Waals surface area contributed by atoms with Crippen molar-refractivity contribution in [1.29, 1.82) is 0 Å². The van der Waals surface area contributed by atoms with E-state index in [1.165, 1.54) is 0 Å². The number of nitrogens with zero attached hydrogens (tertiary/aromatic N) is 2. The molecule has 0 atom stereocenters. The summed E-state index contributed by atoms with van der Waals surface area (Å²) in [6.45, 7) is 0. The van der Waals surface area contributed by atoms with E-state index in [0.717, 1.165) is 0 Å². The number of hydrogen-bond acceptors (Lipinski definition) is 2. The van der Waals surface area contributed by atoms with Crippen LogP contribution in [-0.2, 0) is 7.05 Å². The lowest BCUT2D eigenvalue weighted by atomic mass is 10.7. The van der Waals surface area contributed by atoms with Gasteiger partial charge < -0.3 is 5.73 Å². The molecule has 1 aromatic heterocycles. The maximum absolute atomic E-state index is 5.52. The summed E-state index contributed by atoms with van der Waals surface area (Å²) in [5.74, 6) is 0.383. The van der Waals surface area contributed by atoms with Crippen molar-refractivity contribution >= 4 is 29.8 Å². The van der Waals surface area contributed by atoms with Gasteiger partial charge in [0.25, 0.3) is 0 Å². The zero-order valence-electron chi connectivity index (χ0n) is 4.84. The summed E-state index contributed by atoms with van der Waals surface area (Å²) < 4.78 is 1.57. The number of nitrogen functional groups attached to an aromatic ring is 1. The monoisotopic (exact) mass is 167 g/mol. The van der Waals surface area contributed by atoms with E-state index < -0.39 is 0 Å². The van der Waals surface area contributed by atoms with Crippen molar-refractivity contribution < 1.29 is 0 Å². The molecule has 1 aromatic rings. The Morgan fingerprint density at radius 2 is 2.33 bits per heavy atom. The zero-order chi connectivity index (χ0) is 6.15. The van der Waals surface area contributed by atoms with Crippen LogP contribution in [0.25, 0.3) is 0 Å². The molecule has 0 bridgehead atoms. The number of nitrogens with two attached hydrogens (primary N) is 1. The Morgan fingerprint density at radius 1 is 1.78 bits per heavy atom. The standard InChI is InChI=1S/C4H6ClN3.ClH/c1-8-2-3(5)4(6)7-8;/h2H,1H3,(H2,6,7);1H. The Balaban J connectivity index is 0.000000640. The Labute approximate surface area is 64.2 Å². The van der Waals surface area contributed by atoms with Gasteiger partial charge in [-0.3, -0.25) is 4.68 Å². The first-order valence-corrected chi connectivity index (χ1v) is 2.52. The van der Waals surface area contributed by atoms with Gasteiger partial charge in [-0.05, 0) is 0 Å². The van der Waals surface area contributed by atoms with Gasteiger partial charge in [0, 0.05) is 13.2 Å². The molecule has 0 spiro atoms. The van der Waals surface area contributed by atoms with E-state index in [0.29, 0.717) is 10.8 Å². The Hall–Kier alpha value is -0.410. The first kappa shape index (κ1) is 8.59. The second kappa shape index (κ2) is 2.94. The summed E-state index contributed by atoms with van der Waals surface area (Å²) >= 11 is 5.52. The summed E-state index contributed by atoms with van der Waals surface area (Å²) in [4.78, 5) is 0. The van der Waals surface area contributed by atoms with Crippen LogP contribution in [0.15, 0.2) is 6.20 Å². The quantitative estimate of drug-likeness (QED) is 0.629. The van der Waals surface area contributed by atoms with Crippen LogP contribution in [0.5, 0.6) is 0 Å². The molecule has 52 valence electrons. The minimum absolute atomic E-state index is 0. The van der Waals surface area contributed by atoms with Gasteiger partial charge in [-0.25, -0.2) is 0 Å². The predicted octanol–water partition coefficient (Wildman–Crippen LogP) is 1.08. The average Bonchev–Trinajstić information content (AvgIpc) is 1.85. The Kier molecular flexibility index (Phi) is 2.81. The van der Waals surface area contributed by atoms with Gasteiger partial charge in [0.2, 0.25) is 0 Å². The summed E-state index contributed by atoms with van der Waals surface area (Å²) in [5, 5.41) is 4.28. The largest absolute Gasteiger partial charge is 0.381 e. The molecule has 2 N–H and O–H groups in total. The fraction of sp³-hybridized carbons (Fsp3) is 0.250. The summed E-state index contributed by atoms with van der Waals surface area (Å²) in [6.07, 6.45) is 1.65. The molecule has 3 nitrogen and oxygen atoms in total. The first-order chi connectivity index (χ1) is 3.70. The highest BCUT2D eigenvalue weighted by Crippen LogP contribution is 2.13. The predicted molar refractivity (Wildman–Crippen MR) is 39.9 cm³/mol. The second-order valence-electron chi connectivity index (χ2n) is 1.54. The number of aryl methyl sites for hydroxylation is 1. The highest BCUT2D eigenvalue weighted by molar-refractivity contribution is 6.32. The van der Waals surface area contributed by atoms with Gasteiger partial charge in [0.05, 0.1) is 0 Å². The lowest BCUT2D eigenvalue weighted by molar-refractivity contribution is 0.772. The third-order valence-electron chi connectivity index (χ3n) is 0.810. The van der Waals surface area contributed by atoms with Crippen LogP contribution in [0.4, 0.5) is 5.82 Å². The van der Waals surface area contributed by atoms with Crippen LogP contribution in [-0.4, -0.2) is 9.78 Å². The minimum atomic E-state index is 0. The number of anilines is 1. The van der Waals surface area contributed by atoms with E-state index in [4.69, 9.17) is 17.3 Å². The molecule has 0 aliphatic rings. The number of hydrogen-bond donors (Lipinski definition) is 1. The molecule has 0 saturated carbocycles. The molecule has 0 fully saturated rings. The third kappa shape index (κ3) is 1.77. The molecular weight excluding hydrogens is 161 g/mol. The molecule has 0 radical (unpaired) electrons. The summed E-state index contributed by atoms with van der Waals surface area (Å²) in [7, 11) is 1.77. The van der Waals surface area contributed by atoms with E-state index >= 15 is 0 Å². The van der Waals surface area contributed by atoms with E-state index in [1.807, 2.05) is 0 Å². The van der Waals surface area contributed by atoms with E-state index in [9.17, 15) is 0 Å². The Morgan fingerprint density at radius 3 is 2.44 bits per heavy atom. The van der Waals surface area contributed by atoms with Gasteiger partial charge in [-0.2, -0.15) is 5.10 Å². The first-order valence-electron chi connectivity index (χ1n) is 2.15. The van der Waals surface area contributed by atoms with Gasteiger partial charge in [0.1, 0.15) is 5.02 Å². The summed E-state index contributed by atoms with van der Waals surface area (Å²) in [6, 6.07) is 0. The molecule has 0 amide bonds. The van der Waals surface area contributed by atoms with E-state index in [1.54, 1.807) is 17.9 Å². The molecule has 9 heavy (non-hydrogen) atoms. The molecule has 0 unspecified atom stereocenters. The zero-order valence-corrected chi connectivity index (χ0v) is 6.41. The fourth-order valence-electron chi connectivity index (χ4n) is 0.477. The molecule has 0 saturated heterocycles. The normalized spacial score (nSPS) is 8.67. The van der Waals surface area contributed by atoms with Gasteiger partial charge in [-0.15, -0.1) is 12.4 Å². The second-order valence-corrected chi connectivity index (χ2v) is 1.94. The smallest absolute Gasteiger partial charge is 0.164 e. The van der Waals surface area contributed by atoms with Crippen molar-refractivity contribution in [3.05, 3.63) is 11.2 Å². The van der Waals surface area contributed by atoms with Gasteiger partial charge in [0.15, 0.2) is 5.82 Å². The van der Waals surface area contributed by atoms with E-state index in [-0.39, 0.29) is 12.4 Å². The number of aromatic nitrogens is 2. The van der Waals surface area contributed by atoms with Crippen LogP contribution >= 0.6 is 24.0 Å². The van der Waals surface area contributed by atoms with Crippen LogP contribution in [0.3, 0.4) is 0 Å². The minimum Gasteiger partial charge on any atom is -0.381 e. The van der Waals surface area contributed by atoms with E-state index in [2.05, 4.69) is 5.10 Å². The van der Waals surface area contributed by atoms with Crippen LogP contribution in [0.2, 0.25) is 5.02 Å². The lowest BCUT2D eigenvalue weighted by Crippen LogP contribution is -1.90. The third-order valence-corrected chi connectivity index (χ3v) is 1.10. The number of halogens is 2. The van der Waals surface area contributed by atoms with Crippen molar-refractivity contribution in [2.24, 2.45) is 7.05 Å². The molecule has 5 heteroatoms. The maximum atomic E-state index is 5.52. The Bertz CT molecular complexity index is 176. The van der Waals surface area contributed by atoms with Crippen molar-refractivity contribution in [3.8, 4) is 0 Å². The van der Waals surface area contributed by atoms with Crippen LogP contribution < -0.4 is 5.73 Å². The van der Waals surface area contributed by atoms with Gasteiger partial charge in [-0.1, -0.05) is 11.6 Å². The fourth-order valence-corrected chi connectivity index (χ4v) is 0.656. The SMILES string of the molecule is Cl.Cn1cc(Cl)c(N)n1. The molecule has 1 rings (SSSR count). The summed E-state index contributed by atoms with van der Waals surface area (Å²) in [5.41, 5.74) is 5.28. The highest BCUT2D eigenvalue weighted by atomic mass is 35.5. The average molecular weight is 168 g/mol. The van der Waals surface area contributed by atoms with Crippen molar-refractivity contribution in [3.63, 3.8) is 0 Å². The molecule has 0 aliphatic carbocycles. The lowest BCUT2D eigenvalue weighted by Gasteiger charge is -1.79. The van der Waals surface area contributed by atoms with Crippen molar-refractivity contribution in [2.75, 3.05) is 5.73 Å². The van der Waals surface area contributed by atoms with Crippen molar-refractivity contribution in [1.82, 2.24) is 9.78 Å². The van der Waals surface area contributed by atoms with Crippen LogP contribution in [0, 0.1) is 0 Å². The molecule has 0 aromatic carbocycles. The van der Waals surface area contributed by atoms with Crippen molar-refractivity contribution in [2.45, 2.75) is 0 Å². The topological polar surface area (TPSA) is 43.8 Å². The number of rotatable bonds is 0. The van der Waals surface area contributed by atoms with Gasteiger partial charge >= 0.3 is 0 Å². The molecule has 1 heterocycles. The molecule has 0 aliphatic heterocycles. The highest BCUT2D eigenvalue weighted by Gasteiger charge is 1.96. The molecular formula is C4H7Cl2N3. The maximum Gasteiger partial charge on any atom is 0.164 e.